The SMILES string of the molecule is CCC(C)CN1C(=O)C(C(C)CC)NC1c1ccsc1. The highest BCUT2D eigenvalue weighted by Gasteiger charge is 2.41. The van der Waals surface area contributed by atoms with Crippen LogP contribution < -0.4 is 5.32 Å². The third-order valence-corrected chi connectivity index (χ3v) is 5.18. The number of nitrogens with zero attached hydrogens (tertiary/aromatic N) is 1. The number of amides is 1. The van der Waals surface area contributed by atoms with Crippen LogP contribution in [0.2, 0.25) is 0 Å². The summed E-state index contributed by atoms with van der Waals surface area (Å²) < 4.78 is 0. The number of thiophene rings is 1. The highest BCUT2D eigenvalue weighted by molar-refractivity contribution is 7.07. The van der Waals surface area contributed by atoms with Gasteiger partial charge in [-0.3, -0.25) is 10.1 Å². The number of rotatable bonds is 6. The quantitative estimate of drug-likeness (QED) is 0.869. The lowest BCUT2D eigenvalue weighted by Gasteiger charge is -2.26. The number of hydrogen-bond acceptors (Lipinski definition) is 3. The van der Waals surface area contributed by atoms with Crippen molar-refractivity contribution < 1.29 is 4.79 Å². The zero-order valence-corrected chi connectivity index (χ0v) is 13.7. The Hall–Kier alpha value is -0.870. The van der Waals surface area contributed by atoms with Gasteiger partial charge in [-0.1, -0.05) is 40.5 Å². The molecule has 1 aromatic heterocycles. The fourth-order valence-electron chi connectivity index (χ4n) is 2.65. The van der Waals surface area contributed by atoms with Crippen molar-refractivity contribution in [3.05, 3.63) is 22.4 Å². The number of carbonyl (C=O) groups excluding carboxylic acids is 1. The van der Waals surface area contributed by atoms with Crippen molar-refractivity contribution in [2.24, 2.45) is 11.8 Å². The molecule has 1 saturated heterocycles. The van der Waals surface area contributed by atoms with E-state index in [0.717, 1.165) is 19.4 Å². The van der Waals surface area contributed by atoms with Crippen molar-refractivity contribution >= 4 is 17.2 Å². The molecule has 4 atom stereocenters. The summed E-state index contributed by atoms with van der Waals surface area (Å²) in [5.41, 5.74) is 1.22. The Kier molecular flexibility index (Phi) is 5.22. The number of carbonyl (C=O) groups is 1. The Bertz CT molecular complexity index is 432. The zero-order valence-electron chi connectivity index (χ0n) is 12.9. The van der Waals surface area contributed by atoms with Crippen molar-refractivity contribution in [1.82, 2.24) is 10.2 Å². The molecule has 0 spiro atoms. The summed E-state index contributed by atoms with van der Waals surface area (Å²) >= 11 is 1.69. The van der Waals surface area contributed by atoms with E-state index < -0.39 is 0 Å². The van der Waals surface area contributed by atoms with Crippen molar-refractivity contribution in [3.63, 3.8) is 0 Å². The minimum atomic E-state index is -0.0334. The summed E-state index contributed by atoms with van der Waals surface area (Å²) in [5.74, 6) is 1.19. The van der Waals surface area contributed by atoms with Gasteiger partial charge in [-0.25, -0.2) is 0 Å². The molecule has 1 fully saturated rings. The Labute approximate surface area is 126 Å². The monoisotopic (exact) mass is 294 g/mol. The molecule has 1 aliphatic rings. The lowest BCUT2D eigenvalue weighted by Crippen LogP contribution is -2.36. The van der Waals surface area contributed by atoms with E-state index in [1.165, 1.54) is 5.56 Å². The predicted octanol–water partition coefficient (Wildman–Crippen LogP) is 3.64. The Morgan fingerprint density at radius 1 is 1.35 bits per heavy atom. The predicted molar refractivity (Wildman–Crippen MR) is 84.6 cm³/mol. The second-order valence-electron chi connectivity index (χ2n) is 5.99. The Balaban J connectivity index is 2.21. The first kappa shape index (κ1) is 15.5. The molecule has 2 heterocycles. The third kappa shape index (κ3) is 3.07. The topological polar surface area (TPSA) is 32.3 Å². The van der Waals surface area contributed by atoms with Crippen LogP contribution in [0.5, 0.6) is 0 Å². The van der Waals surface area contributed by atoms with E-state index in [4.69, 9.17) is 0 Å². The molecular weight excluding hydrogens is 268 g/mol. The molecule has 4 unspecified atom stereocenters. The standard InChI is InChI=1S/C16H26N2OS/c1-5-11(3)9-18-15(13-7-8-20-10-13)17-14(16(18)19)12(4)6-2/h7-8,10-12,14-15,17H,5-6,9H2,1-4H3. The number of nitrogens with one attached hydrogen (secondary N) is 1. The molecule has 0 aromatic carbocycles. The van der Waals surface area contributed by atoms with Gasteiger partial charge in [-0.05, 0) is 34.2 Å². The van der Waals surface area contributed by atoms with E-state index in [2.05, 4.69) is 49.8 Å². The molecule has 112 valence electrons. The van der Waals surface area contributed by atoms with E-state index in [0.29, 0.717) is 11.8 Å². The third-order valence-electron chi connectivity index (χ3n) is 4.48. The molecule has 1 aromatic rings. The summed E-state index contributed by atoms with van der Waals surface area (Å²) in [7, 11) is 0. The van der Waals surface area contributed by atoms with Crippen LogP contribution >= 0.6 is 11.3 Å². The summed E-state index contributed by atoms with van der Waals surface area (Å²) in [6.07, 6.45) is 2.19. The van der Waals surface area contributed by atoms with Crippen molar-refractivity contribution in [1.29, 1.82) is 0 Å². The van der Waals surface area contributed by atoms with E-state index >= 15 is 0 Å². The van der Waals surface area contributed by atoms with Crippen LogP contribution in [0.25, 0.3) is 0 Å². The van der Waals surface area contributed by atoms with Gasteiger partial charge < -0.3 is 4.90 Å². The Morgan fingerprint density at radius 2 is 2.10 bits per heavy atom. The van der Waals surface area contributed by atoms with Crippen LogP contribution in [-0.4, -0.2) is 23.4 Å². The van der Waals surface area contributed by atoms with Crippen LogP contribution in [0.3, 0.4) is 0 Å². The van der Waals surface area contributed by atoms with Crippen LogP contribution in [0, 0.1) is 11.8 Å². The summed E-state index contributed by atoms with van der Waals surface area (Å²) in [4.78, 5) is 14.8. The van der Waals surface area contributed by atoms with Crippen molar-refractivity contribution in [2.45, 2.75) is 52.7 Å². The minimum absolute atomic E-state index is 0.0334. The zero-order chi connectivity index (χ0) is 14.7. The van der Waals surface area contributed by atoms with Gasteiger partial charge in [-0.15, -0.1) is 0 Å². The molecule has 1 amide bonds. The van der Waals surface area contributed by atoms with Gasteiger partial charge in [0.2, 0.25) is 5.91 Å². The molecule has 2 rings (SSSR count). The fourth-order valence-corrected chi connectivity index (χ4v) is 3.33. The summed E-state index contributed by atoms with van der Waals surface area (Å²) in [6, 6.07) is 2.09. The van der Waals surface area contributed by atoms with E-state index in [1.54, 1.807) is 11.3 Å². The first-order valence-electron chi connectivity index (χ1n) is 7.67. The maximum Gasteiger partial charge on any atom is 0.241 e. The van der Waals surface area contributed by atoms with Gasteiger partial charge >= 0.3 is 0 Å². The molecule has 3 nitrogen and oxygen atoms in total. The van der Waals surface area contributed by atoms with E-state index in [-0.39, 0.29) is 18.1 Å². The second-order valence-corrected chi connectivity index (χ2v) is 6.77. The van der Waals surface area contributed by atoms with Gasteiger partial charge in [-0.2, -0.15) is 11.3 Å². The normalized spacial score (nSPS) is 26.0. The molecule has 1 N–H and O–H groups in total. The Morgan fingerprint density at radius 3 is 2.65 bits per heavy atom. The fraction of sp³-hybridized carbons (Fsp3) is 0.688. The van der Waals surface area contributed by atoms with Crippen molar-refractivity contribution in [3.8, 4) is 0 Å². The maximum absolute atomic E-state index is 12.7. The summed E-state index contributed by atoms with van der Waals surface area (Å²) in [6.45, 7) is 9.55. The molecule has 0 bridgehead atoms. The van der Waals surface area contributed by atoms with Gasteiger partial charge in [0.1, 0.15) is 6.17 Å². The minimum Gasteiger partial charge on any atom is -0.321 e. The first-order chi connectivity index (χ1) is 9.58. The average molecular weight is 294 g/mol. The lowest BCUT2D eigenvalue weighted by atomic mass is 9.99. The van der Waals surface area contributed by atoms with E-state index in [9.17, 15) is 4.79 Å². The highest BCUT2D eigenvalue weighted by atomic mass is 32.1. The van der Waals surface area contributed by atoms with Gasteiger partial charge in [0.05, 0.1) is 6.04 Å². The van der Waals surface area contributed by atoms with Gasteiger partial charge in [0.15, 0.2) is 0 Å². The maximum atomic E-state index is 12.7. The molecule has 4 heteroatoms. The van der Waals surface area contributed by atoms with Gasteiger partial charge in [0, 0.05) is 6.54 Å². The molecule has 0 radical (unpaired) electrons. The highest BCUT2D eigenvalue weighted by Crippen LogP contribution is 2.31. The smallest absolute Gasteiger partial charge is 0.241 e. The van der Waals surface area contributed by atoms with Crippen LogP contribution in [0.1, 0.15) is 52.3 Å². The molecule has 20 heavy (non-hydrogen) atoms. The van der Waals surface area contributed by atoms with Crippen LogP contribution in [0.4, 0.5) is 0 Å². The molecule has 0 aliphatic carbocycles. The van der Waals surface area contributed by atoms with Crippen molar-refractivity contribution in [2.75, 3.05) is 6.54 Å². The lowest BCUT2D eigenvalue weighted by molar-refractivity contribution is -0.131. The molecule has 0 saturated carbocycles. The van der Waals surface area contributed by atoms with Crippen LogP contribution in [0.15, 0.2) is 16.8 Å². The summed E-state index contributed by atoms with van der Waals surface area (Å²) in [5, 5.41) is 7.79. The molecular formula is C16H26N2OS. The van der Waals surface area contributed by atoms with Crippen LogP contribution in [-0.2, 0) is 4.79 Å². The largest absolute Gasteiger partial charge is 0.321 e. The number of hydrogen-bond donors (Lipinski definition) is 1. The second kappa shape index (κ2) is 6.72. The van der Waals surface area contributed by atoms with Gasteiger partial charge in [0.25, 0.3) is 0 Å². The van der Waals surface area contributed by atoms with E-state index in [1.807, 2.05) is 4.90 Å². The molecule has 1 aliphatic heterocycles. The average Bonchev–Trinajstić information content (AvgIpc) is 3.07. The first-order valence-corrected chi connectivity index (χ1v) is 8.61.